The third-order valence-electron chi connectivity index (χ3n) is 4.24. The van der Waals surface area contributed by atoms with Crippen LogP contribution >= 0.6 is 11.8 Å². The molecule has 0 saturated heterocycles. The maximum absolute atomic E-state index is 12.7. The lowest BCUT2D eigenvalue weighted by atomic mass is 10.3. The predicted molar refractivity (Wildman–Crippen MR) is 109 cm³/mol. The number of hydrogen-bond donors (Lipinski definition) is 0. The van der Waals surface area contributed by atoms with Crippen molar-refractivity contribution in [1.29, 1.82) is 0 Å². The Morgan fingerprint density at radius 1 is 0.897 bits per heavy atom. The highest BCUT2D eigenvalue weighted by Gasteiger charge is 2.14. The fourth-order valence-corrected chi connectivity index (χ4v) is 3.58. The van der Waals surface area contributed by atoms with Gasteiger partial charge in [-0.25, -0.2) is 28.1 Å². The first-order chi connectivity index (χ1) is 13.8. The minimum absolute atomic E-state index is 0.0159. The topological polar surface area (TPSA) is 109 Å². The molecule has 0 aliphatic carbocycles. The highest BCUT2D eigenvalue weighted by atomic mass is 32.2. The van der Waals surface area contributed by atoms with Crippen LogP contribution in [0.3, 0.4) is 0 Å². The van der Waals surface area contributed by atoms with Crippen LogP contribution in [0.4, 0.5) is 5.69 Å². The Hall–Kier alpha value is -3.40. The van der Waals surface area contributed by atoms with Crippen LogP contribution in [-0.2, 0) is 13.6 Å². The lowest BCUT2D eigenvalue weighted by molar-refractivity contribution is -0.384. The van der Waals surface area contributed by atoms with E-state index in [0.29, 0.717) is 12.1 Å². The molecule has 9 nitrogen and oxygen atoms in total. The van der Waals surface area contributed by atoms with E-state index in [-0.39, 0.29) is 12.2 Å². The molecule has 0 spiro atoms. The van der Waals surface area contributed by atoms with E-state index in [1.165, 1.54) is 30.9 Å². The molecule has 0 radical (unpaired) electrons. The molecule has 29 heavy (non-hydrogen) atoms. The Morgan fingerprint density at radius 3 is 1.97 bits per heavy atom. The lowest BCUT2D eigenvalue weighted by Crippen LogP contribution is -2.53. The van der Waals surface area contributed by atoms with Gasteiger partial charge in [0.15, 0.2) is 0 Å². The van der Waals surface area contributed by atoms with Gasteiger partial charge in [-0.05, 0) is 42.8 Å². The molecule has 3 aromatic rings. The maximum atomic E-state index is 12.7. The van der Waals surface area contributed by atoms with Crippen LogP contribution in [0.1, 0.15) is 13.3 Å². The largest absolute Gasteiger partial charge is 0.340 e. The first kappa shape index (κ1) is 20.3. The molecular weight excluding hydrogens is 396 g/mol. The van der Waals surface area contributed by atoms with Gasteiger partial charge in [0, 0.05) is 35.5 Å². The average molecular weight is 414 g/mol. The number of nitro groups is 1. The normalized spacial score (nSPS) is 10.8. The SMILES string of the molecule is CCCn1c(=O)n(C)c(=O)n(-c2ccc(Sc3ccc([N+](=O)[O-])cc3)cc2)c1=O. The second-order valence-corrected chi connectivity index (χ2v) is 7.39. The molecule has 2 aromatic carbocycles. The third-order valence-corrected chi connectivity index (χ3v) is 5.26. The highest BCUT2D eigenvalue weighted by Crippen LogP contribution is 2.29. The van der Waals surface area contributed by atoms with E-state index in [2.05, 4.69) is 0 Å². The molecule has 0 unspecified atom stereocenters. The molecule has 0 saturated carbocycles. The van der Waals surface area contributed by atoms with E-state index < -0.39 is 22.0 Å². The van der Waals surface area contributed by atoms with Crippen molar-refractivity contribution in [3.05, 3.63) is 90.1 Å². The van der Waals surface area contributed by atoms with E-state index >= 15 is 0 Å². The summed E-state index contributed by atoms with van der Waals surface area (Å²) >= 11 is 1.39. The number of aromatic nitrogens is 3. The van der Waals surface area contributed by atoms with Crippen molar-refractivity contribution in [2.24, 2.45) is 7.05 Å². The van der Waals surface area contributed by atoms with Gasteiger partial charge in [0.05, 0.1) is 10.6 Å². The fraction of sp³-hybridized carbons (Fsp3) is 0.211. The zero-order valence-corrected chi connectivity index (χ0v) is 16.6. The third kappa shape index (κ3) is 4.06. The Kier molecular flexibility index (Phi) is 5.83. The van der Waals surface area contributed by atoms with Gasteiger partial charge in [-0.3, -0.25) is 10.1 Å². The van der Waals surface area contributed by atoms with Gasteiger partial charge in [-0.2, -0.15) is 0 Å². The first-order valence-corrected chi connectivity index (χ1v) is 9.60. The molecule has 0 aliphatic heterocycles. The maximum Gasteiger partial charge on any atom is 0.340 e. The molecule has 0 bridgehead atoms. The van der Waals surface area contributed by atoms with E-state index in [1.807, 2.05) is 6.92 Å². The zero-order valence-electron chi connectivity index (χ0n) is 15.8. The summed E-state index contributed by atoms with van der Waals surface area (Å²) in [5.74, 6) is 0. The van der Waals surface area contributed by atoms with Gasteiger partial charge in [0.1, 0.15) is 0 Å². The van der Waals surface area contributed by atoms with E-state index in [9.17, 15) is 24.5 Å². The van der Waals surface area contributed by atoms with Gasteiger partial charge in [-0.15, -0.1) is 0 Å². The molecule has 1 heterocycles. The number of nitro benzene ring substituents is 1. The number of non-ortho nitro benzene ring substituents is 1. The Balaban J connectivity index is 1.95. The van der Waals surface area contributed by atoms with Crippen LogP contribution in [0.5, 0.6) is 0 Å². The molecule has 0 aliphatic rings. The van der Waals surface area contributed by atoms with Crippen molar-refractivity contribution in [3.8, 4) is 5.69 Å². The van der Waals surface area contributed by atoms with Gasteiger partial charge < -0.3 is 0 Å². The molecule has 150 valence electrons. The summed E-state index contributed by atoms with van der Waals surface area (Å²) in [6.45, 7) is 2.06. The molecule has 0 N–H and O–H groups in total. The van der Waals surface area contributed by atoms with Gasteiger partial charge in [0.25, 0.3) is 5.69 Å². The summed E-state index contributed by atoms with van der Waals surface area (Å²) in [6.07, 6.45) is 0.582. The van der Waals surface area contributed by atoms with Crippen LogP contribution < -0.4 is 17.1 Å². The first-order valence-electron chi connectivity index (χ1n) is 8.79. The molecule has 0 fully saturated rings. The molecule has 0 atom stereocenters. The van der Waals surface area contributed by atoms with Gasteiger partial charge in [-0.1, -0.05) is 18.7 Å². The molecule has 10 heteroatoms. The summed E-state index contributed by atoms with van der Waals surface area (Å²) in [5.41, 5.74) is -1.64. The molecule has 3 rings (SSSR count). The highest BCUT2D eigenvalue weighted by molar-refractivity contribution is 7.99. The summed E-state index contributed by atoms with van der Waals surface area (Å²) in [6, 6.07) is 12.9. The summed E-state index contributed by atoms with van der Waals surface area (Å²) in [4.78, 5) is 49.2. The Morgan fingerprint density at radius 2 is 1.45 bits per heavy atom. The minimum Gasteiger partial charge on any atom is -0.258 e. The number of rotatable bonds is 6. The Bertz CT molecular complexity index is 1220. The average Bonchev–Trinajstić information content (AvgIpc) is 2.71. The van der Waals surface area contributed by atoms with Crippen molar-refractivity contribution in [1.82, 2.24) is 13.7 Å². The van der Waals surface area contributed by atoms with Crippen molar-refractivity contribution in [2.75, 3.05) is 0 Å². The summed E-state index contributed by atoms with van der Waals surface area (Å²) in [7, 11) is 1.34. The number of benzene rings is 2. The van der Waals surface area contributed by atoms with Gasteiger partial charge >= 0.3 is 17.1 Å². The smallest absolute Gasteiger partial charge is 0.258 e. The van der Waals surface area contributed by atoms with Crippen LogP contribution in [-0.4, -0.2) is 18.6 Å². The standard InChI is InChI=1S/C19H18N4O5S/c1-3-12-21-17(24)20(2)18(25)22(19(21)26)13-4-8-15(9-5-13)29-16-10-6-14(7-11-16)23(27)28/h4-11H,3,12H2,1-2H3. The molecule has 0 amide bonds. The minimum atomic E-state index is -0.705. The van der Waals surface area contributed by atoms with Crippen LogP contribution in [0.25, 0.3) is 5.69 Å². The van der Waals surface area contributed by atoms with Gasteiger partial charge in [0.2, 0.25) is 0 Å². The second kappa shape index (κ2) is 8.31. The van der Waals surface area contributed by atoms with E-state index in [0.717, 1.165) is 23.5 Å². The van der Waals surface area contributed by atoms with Crippen molar-refractivity contribution in [2.45, 2.75) is 29.7 Å². The van der Waals surface area contributed by atoms with Crippen molar-refractivity contribution in [3.63, 3.8) is 0 Å². The second-order valence-electron chi connectivity index (χ2n) is 6.24. The predicted octanol–water partition coefficient (Wildman–Crippen LogP) is 2.17. The van der Waals surface area contributed by atoms with Crippen LogP contribution in [0.15, 0.2) is 72.7 Å². The van der Waals surface area contributed by atoms with Crippen molar-refractivity contribution < 1.29 is 4.92 Å². The van der Waals surface area contributed by atoms with Crippen molar-refractivity contribution >= 4 is 17.4 Å². The summed E-state index contributed by atoms with van der Waals surface area (Å²) in [5, 5.41) is 10.7. The van der Waals surface area contributed by atoms with E-state index in [1.54, 1.807) is 36.4 Å². The number of hydrogen-bond acceptors (Lipinski definition) is 6. The summed E-state index contributed by atoms with van der Waals surface area (Å²) < 4.78 is 2.93. The fourth-order valence-electron chi connectivity index (χ4n) is 2.77. The van der Waals surface area contributed by atoms with E-state index in [4.69, 9.17) is 0 Å². The van der Waals surface area contributed by atoms with Crippen LogP contribution in [0, 0.1) is 10.1 Å². The number of nitrogens with zero attached hydrogens (tertiary/aromatic N) is 4. The molecular formula is C19H18N4O5S. The zero-order chi connectivity index (χ0) is 21.1. The lowest BCUT2D eigenvalue weighted by Gasteiger charge is -2.11. The quantitative estimate of drug-likeness (QED) is 0.452. The monoisotopic (exact) mass is 414 g/mol. The Labute approximate surface area is 169 Å². The van der Waals surface area contributed by atoms with Crippen LogP contribution in [0.2, 0.25) is 0 Å². The molecule has 1 aromatic heterocycles.